The molecule has 0 bridgehead atoms. The van der Waals surface area contributed by atoms with Crippen LogP contribution in [0.15, 0.2) is 36.8 Å². The number of carbonyl (C=O) groups is 1. The second kappa shape index (κ2) is 5.95. The molecular weight excluding hydrogens is 240 g/mol. The van der Waals surface area contributed by atoms with Gasteiger partial charge in [0.25, 0.3) is 5.91 Å². The monoisotopic (exact) mass is 256 g/mol. The van der Waals surface area contributed by atoms with Crippen molar-refractivity contribution in [3.05, 3.63) is 47.9 Å². The standard InChI is InChI=1S/C14H16N4O/c1-3-16-13-7-11(4-5-17-13)14(19)18-12-6-10(2)8-15-9-12/h4-9H,3H2,1-2H3,(H,16,17)(H,18,19). The summed E-state index contributed by atoms with van der Waals surface area (Å²) in [6, 6.07) is 5.28. The lowest BCUT2D eigenvalue weighted by Crippen LogP contribution is -2.13. The van der Waals surface area contributed by atoms with Gasteiger partial charge in [0.1, 0.15) is 5.82 Å². The van der Waals surface area contributed by atoms with Gasteiger partial charge in [-0.3, -0.25) is 9.78 Å². The van der Waals surface area contributed by atoms with Crippen LogP contribution < -0.4 is 10.6 Å². The molecule has 0 saturated heterocycles. The first-order valence-corrected chi connectivity index (χ1v) is 6.12. The highest BCUT2D eigenvalue weighted by molar-refractivity contribution is 6.04. The summed E-state index contributed by atoms with van der Waals surface area (Å²) in [6.45, 7) is 4.67. The van der Waals surface area contributed by atoms with Crippen LogP contribution in [0.4, 0.5) is 11.5 Å². The molecule has 19 heavy (non-hydrogen) atoms. The summed E-state index contributed by atoms with van der Waals surface area (Å²) in [6.07, 6.45) is 4.98. The number of hydrogen-bond acceptors (Lipinski definition) is 4. The minimum Gasteiger partial charge on any atom is -0.370 e. The Balaban J connectivity index is 2.13. The summed E-state index contributed by atoms with van der Waals surface area (Å²) in [5, 5.41) is 5.88. The topological polar surface area (TPSA) is 66.9 Å². The molecule has 0 spiro atoms. The molecule has 98 valence electrons. The van der Waals surface area contributed by atoms with Gasteiger partial charge in [-0.05, 0) is 37.6 Å². The number of hydrogen-bond donors (Lipinski definition) is 2. The molecule has 0 aliphatic rings. The van der Waals surface area contributed by atoms with Gasteiger partial charge in [-0.1, -0.05) is 0 Å². The van der Waals surface area contributed by atoms with Crippen LogP contribution in [0, 0.1) is 6.92 Å². The summed E-state index contributed by atoms with van der Waals surface area (Å²) in [5.41, 5.74) is 2.25. The van der Waals surface area contributed by atoms with Crippen molar-refractivity contribution >= 4 is 17.4 Å². The molecule has 5 heteroatoms. The molecule has 0 aromatic carbocycles. The first-order chi connectivity index (χ1) is 9.19. The third-order valence-electron chi connectivity index (χ3n) is 2.51. The van der Waals surface area contributed by atoms with E-state index in [0.29, 0.717) is 17.1 Å². The molecule has 2 N–H and O–H groups in total. The predicted octanol–water partition coefficient (Wildman–Crippen LogP) is 2.47. The Hall–Kier alpha value is -2.43. The fraction of sp³-hybridized carbons (Fsp3) is 0.214. The number of nitrogens with one attached hydrogen (secondary N) is 2. The van der Waals surface area contributed by atoms with Crippen LogP contribution in [0.3, 0.4) is 0 Å². The van der Waals surface area contributed by atoms with Crippen LogP contribution in [-0.4, -0.2) is 22.4 Å². The molecule has 1 amide bonds. The zero-order chi connectivity index (χ0) is 13.7. The molecule has 5 nitrogen and oxygen atoms in total. The van der Waals surface area contributed by atoms with E-state index in [2.05, 4.69) is 20.6 Å². The van der Waals surface area contributed by atoms with Crippen molar-refractivity contribution in [2.45, 2.75) is 13.8 Å². The summed E-state index contributed by atoms with van der Waals surface area (Å²) in [7, 11) is 0. The highest BCUT2D eigenvalue weighted by atomic mass is 16.1. The lowest BCUT2D eigenvalue weighted by atomic mass is 10.2. The van der Waals surface area contributed by atoms with Gasteiger partial charge >= 0.3 is 0 Å². The van der Waals surface area contributed by atoms with Crippen molar-refractivity contribution in [2.75, 3.05) is 17.2 Å². The average molecular weight is 256 g/mol. The largest absolute Gasteiger partial charge is 0.370 e. The second-order valence-electron chi connectivity index (χ2n) is 4.17. The summed E-state index contributed by atoms with van der Waals surface area (Å²) < 4.78 is 0. The average Bonchev–Trinajstić information content (AvgIpc) is 2.39. The fourth-order valence-corrected chi connectivity index (χ4v) is 1.68. The van der Waals surface area contributed by atoms with Crippen LogP contribution in [0.1, 0.15) is 22.8 Å². The zero-order valence-electron chi connectivity index (χ0n) is 11.0. The Bertz CT molecular complexity index is 583. The Morgan fingerprint density at radius 1 is 1.32 bits per heavy atom. The second-order valence-corrected chi connectivity index (χ2v) is 4.17. The number of nitrogens with zero attached hydrogens (tertiary/aromatic N) is 2. The maximum absolute atomic E-state index is 12.1. The highest BCUT2D eigenvalue weighted by Crippen LogP contribution is 2.11. The first kappa shape index (κ1) is 13.0. The van der Waals surface area contributed by atoms with Crippen LogP contribution in [0.2, 0.25) is 0 Å². The number of pyridine rings is 2. The van der Waals surface area contributed by atoms with Crippen molar-refractivity contribution in [3.63, 3.8) is 0 Å². The smallest absolute Gasteiger partial charge is 0.255 e. The predicted molar refractivity (Wildman–Crippen MR) is 75.3 cm³/mol. The van der Waals surface area contributed by atoms with Gasteiger partial charge in [-0.25, -0.2) is 4.98 Å². The molecule has 0 radical (unpaired) electrons. The van der Waals surface area contributed by atoms with Crippen LogP contribution >= 0.6 is 0 Å². The summed E-state index contributed by atoms with van der Waals surface area (Å²) in [5.74, 6) is 0.520. The quantitative estimate of drug-likeness (QED) is 0.881. The maximum Gasteiger partial charge on any atom is 0.255 e. The molecule has 0 aliphatic heterocycles. The van der Waals surface area contributed by atoms with Crippen LogP contribution in [0.25, 0.3) is 0 Å². The summed E-state index contributed by atoms with van der Waals surface area (Å²) >= 11 is 0. The molecule has 0 aliphatic carbocycles. The third-order valence-corrected chi connectivity index (χ3v) is 2.51. The van der Waals surface area contributed by atoms with E-state index in [4.69, 9.17) is 0 Å². The number of carbonyl (C=O) groups excluding carboxylic acids is 1. The van der Waals surface area contributed by atoms with Gasteiger partial charge in [-0.2, -0.15) is 0 Å². The fourth-order valence-electron chi connectivity index (χ4n) is 1.68. The van der Waals surface area contributed by atoms with Crippen molar-refractivity contribution in [1.82, 2.24) is 9.97 Å². The van der Waals surface area contributed by atoms with E-state index in [0.717, 1.165) is 12.1 Å². The maximum atomic E-state index is 12.1. The third kappa shape index (κ3) is 3.51. The summed E-state index contributed by atoms with van der Waals surface area (Å²) in [4.78, 5) is 20.3. The minimum absolute atomic E-state index is 0.172. The first-order valence-electron chi connectivity index (χ1n) is 6.12. The Kier molecular flexibility index (Phi) is 4.07. The molecule has 2 rings (SSSR count). The molecule has 0 fully saturated rings. The number of anilines is 2. The van der Waals surface area contributed by atoms with Gasteiger partial charge in [0, 0.05) is 24.5 Å². The molecule has 0 atom stereocenters. The minimum atomic E-state index is -0.172. The van der Waals surface area contributed by atoms with E-state index < -0.39 is 0 Å². The van der Waals surface area contributed by atoms with Crippen molar-refractivity contribution < 1.29 is 4.79 Å². The van der Waals surface area contributed by atoms with E-state index in [1.54, 1.807) is 30.7 Å². The number of aryl methyl sites for hydroxylation is 1. The molecule has 2 aromatic heterocycles. The van der Waals surface area contributed by atoms with Crippen molar-refractivity contribution in [1.29, 1.82) is 0 Å². The number of amides is 1. The van der Waals surface area contributed by atoms with E-state index in [-0.39, 0.29) is 5.91 Å². The van der Waals surface area contributed by atoms with Gasteiger partial charge in [0.2, 0.25) is 0 Å². The Labute approximate surface area is 112 Å². The van der Waals surface area contributed by atoms with Gasteiger partial charge < -0.3 is 10.6 Å². The molecule has 0 saturated carbocycles. The van der Waals surface area contributed by atoms with E-state index in [9.17, 15) is 4.79 Å². The SMILES string of the molecule is CCNc1cc(C(=O)Nc2cncc(C)c2)ccn1. The number of rotatable bonds is 4. The van der Waals surface area contributed by atoms with Crippen molar-refractivity contribution in [2.24, 2.45) is 0 Å². The van der Waals surface area contributed by atoms with Gasteiger partial charge in [0.05, 0.1) is 11.9 Å². The lowest BCUT2D eigenvalue weighted by Gasteiger charge is -2.07. The van der Waals surface area contributed by atoms with Gasteiger partial charge in [0.15, 0.2) is 0 Å². The van der Waals surface area contributed by atoms with Crippen LogP contribution in [-0.2, 0) is 0 Å². The molecular formula is C14H16N4O. The highest BCUT2D eigenvalue weighted by Gasteiger charge is 2.07. The molecule has 0 unspecified atom stereocenters. The number of aromatic nitrogens is 2. The van der Waals surface area contributed by atoms with Crippen LogP contribution in [0.5, 0.6) is 0 Å². The Morgan fingerprint density at radius 3 is 2.89 bits per heavy atom. The lowest BCUT2D eigenvalue weighted by molar-refractivity contribution is 0.102. The molecule has 2 heterocycles. The molecule has 2 aromatic rings. The van der Waals surface area contributed by atoms with E-state index >= 15 is 0 Å². The Morgan fingerprint density at radius 2 is 2.16 bits per heavy atom. The van der Waals surface area contributed by atoms with Crippen molar-refractivity contribution in [3.8, 4) is 0 Å². The zero-order valence-corrected chi connectivity index (χ0v) is 11.0. The van der Waals surface area contributed by atoms with Gasteiger partial charge in [-0.15, -0.1) is 0 Å². The normalized spacial score (nSPS) is 10.0. The van der Waals surface area contributed by atoms with E-state index in [1.807, 2.05) is 19.9 Å². The van der Waals surface area contributed by atoms with E-state index in [1.165, 1.54) is 0 Å².